The number of aliphatic imine (C=N–C) groups is 1. The molecular formula is C13H12ClN3S. The number of halogens is 1. The molecule has 1 aliphatic heterocycles. The van der Waals surface area contributed by atoms with E-state index in [0.29, 0.717) is 15.8 Å². The van der Waals surface area contributed by atoms with Gasteiger partial charge in [0.15, 0.2) is 5.17 Å². The van der Waals surface area contributed by atoms with Crippen LogP contribution in [0.25, 0.3) is 0 Å². The van der Waals surface area contributed by atoms with Gasteiger partial charge in [-0.1, -0.05) is 23.4 Å². The summed E-state index contributed by atoms with van der Waals surface area (Å²) >= 11 is 7.82. The third-order valence-electron chi connectivity index (χ3n) is 3.17. The summed E-state index contributed by atoms with van der Waals surface area (Å²) in [6, 6.07) is 7.41. The van der Waals surface area contributed by atoms with Crippen molar-refractivity contribution in [1.29, 1.82) is 5.26 Å². The van der Waals surface area contributed by atoms with Crippen molar-refractivity contribution in [3.8, 4) is 6.07 Å². The van der Waals surface area contributed by atoms with Crippen molar-refractivity contribution in [3.63, 3.8) is 0 Å². The van der Waals surface area contributed by atoms with Gasteiger partial charge in [0, 0.05) is 10.9 Å². The second-order valence-electron chi connectivity index (χ2n) is 4.57. The molecule has 1 aromatic rings. The average molecular weight is 278 g/mol. The molecule has 0 saturated heterocycles. The fourth-order valence-electron chi connectivity index (χ4n) is 1.98. The number of hydrogen-bond acceptors (Lipinski definition) is 4. The summed E-state index contributed by atoms with van der Waals surface area (Å²) in [5.74, 6) is 0.864. The van der Waals surface area contributed by atoms with Gasteiger partial charge in [0.05, 0.1) is 17.1 Å². The molecule has 0 radical (unpaired) electrons. The van der Waals surface area contributed by atoms with Gasteiger partial charge in [-0.25, -0.2) is 0 Å². The zero-order chi connectivity index (χ0) is 12.5. The van der Waals surface area contributed by atoms with Crippen molar-refractivity contribution < 1.29 is 0 Å². The molecule has 5 heteroatoms. The Kier molecular flexibility index (Phi) is 3.19. The summed E-state index contributed by atoms with van der Waals surface area (Å²) in [6.07, 6.45) is 2.70. The first-order valence-electron chi connectivity index (χ1n) is 5.94. The van der Waals surface area contributed by atoms with Crippen LogP contribution >= 0.6 is 23.4 Å². The predicted octanol–water partition coefficient (Wildman–Crippen LogP) is 3.50. The van der Waals surface area contributed by atoms with E-state index in [1.54, 1.807) is 12.1 Å². The molecule has 0 bridgehead atoms. The van der Waals surface area contributed by atoms with E-state index in [9.17, 15) is 0 Å². The monoisotopic (exact) mass is 277 g/mol. The molecule has 3 rings (SSSR count). The Hall–Kier alpha value is -1.18. The van der Waals surface area contributed by atoms with Gasteiger partial charge in [-0.15, -0.1) is 0 Å². The highest BCUT2D eigenvalue weighted by Gasteiger charge is 2.35. The topological polar surface area (TPSA) is 48.2 Å². The molecule has 0 aromatic heterocycles. The molecule has 1 saturated carbocycles. The standard InChI is InChI=1S/C13H12ClN3S/c14-11-5-10(4-3-9(11)6-15)17-13-16-7-12(18-13)8-1-2-8/h3-5,8,12H,1-2,7H2,(H,16,17). The minimum atomic E-state index is 0.477. The molecule has 1 fully saturated rings. The number of hydrogen-bond donors (Lipinski definition) is 1. The molecule has 92 valence electrons. The molecule has 0 spiro atoms. The molecule has 2 aliphatic rings. The largest absolute Gasteiger partial charge is 0.335 e. The van der Waals surface area contributed by atoms with Gasteiger partial charge in [0.2, 0.25) is 0 Å². The van der Waals surface area contributed by atoms with Crippen molar-refractivity contribution in [3.05, 3.63) is 28.8 Å². The van der Waals surface area contributed by atoms with E-state index < -0.39 is 0 Å². The summed E-state index contributed by atoms with van der Waals surface area (Å²) in [4.78, 5) is 4.51. The highest BCUT2D eigenvalue weighted by atomic mass is 35.5. The summed E-state index contributed by atoms with van der Waals surface area (Å²) in [7, 11) is 0. The zero-order valence-corrected chi connectivity index (χ0v) is 11.3. The SMILES string of the molecule is N#Cc1ccc(NC2=NCC(C3CC3)S2)cc1Cl. The van der Waals surface area contributed by atoms with Crippen LogP contribution < -0.4 is 5.32 Å². The third kappa shape index (κ3) is 2.47. The normalized spacial score (nSPS) is 22.4. The highest BCUT2D eigenvalue weighted by molar-refractivity contribution is 8.15. The fourth-order valence-corrected chi connectivity index (χ4v) is 3.43. The van der Waals surface area contributed by atoms with Crippen LogP contribution in [0.15, 0.2) is 23.2 Å². The molecule has 1 aromatic carbocycles. The third-order valence-corrected chi connectivity index (χ3v) is 4.77. The lowest BCUT2D eigenvalue weighted by Crippen LogP contribution is -2.09. The lowest BCUT2D eigenvalue weighted by molar-refractivity contribution is 0.773. The van der Waals surface area contributed by atoms with Crippen molar-refractivity contribution in [2.24, 2.45) is 10.9 Å². The number of rotatable bonds is 2. The zero-order valence-electron chi connectivity index (χ0n) is 9.69. The molecule has 1 aliphatic carbocycles. The molecule has 3 nitrogen and oxygen atoms in total. The van der Waals surface area contributed by atoms with E-state index in [-0.39, 0.29) is 0 Å². The van der Waals surface area contributed by atoms with Gasteiger partial charge < -0.3 is 5.32 Å². The van der Waals surface area contributed by atoms with Crippen molar-refractivity contribution in [2.75, 3.05) is 11.9 Å². The van der Waals surface area contributed by atoms with E-state index in [1.807, 2.05) is 17.8 Å². The summed E-state index contributed by atoms with van der Waals surface area (Å²) in [5, 5.41) is 14.2. The van der Waals surface area contributed by atoms with Crippen LogP contribution in [0.5, 0.6) is 0 Å². The van der Waals surface area contributed by atoms with E-state index in [4.69, 9.17) is 16.9 Å². The van der Waals surface area contributed by atoms with Crippen molar-refractivity contribution >= 4 is 34.2 Å². The van der Waals surface area contributed by atoms with Crippen LogP contribution in [0, 0.1) is 17.2 Å². The summed E-state index contributed by atoms with van der Waals surface area (Å²) in [6.45, 7) is 0.918. The van der Waals surface area contributed by atoms with E-state index in [1.165, 1.54) is 12.8 Å². The number of amidine groups is 1. The smallest absolute Gasteiger partial charge is 0.161 e. The van der Waals surface area contributed by atoms with Gasteiger partial charge in [-0.2, -0.15) is 5.26 Å². The average Bonchev–Trinajstić information content (AvgIpc) is 3.11. The van der Waals surface area contributed by atoms with Crippen LogP contribution in [0.1, 0.15) is 18.4 Å². The molecule has 1 N–H and O–H groups in total. The number of thioether (sulfide) groups is 1. The first kappa shape index (κ1) is 11.9. The van der Waals surface area contributed by atoms with Crippen molar-refractivity contribution in [1.82, 2.24) is 0 Å². The molecule has 1 unspecified atom stereocenters. The quantitative estimate of drug-likeness (QED) is 0.900. The Balaban J connectivity index is 1.66. The lowest BCUT2D eigenvalue weighted by atomic mass is 10.2. The van der Waals surface area contributed by atoms with Gasteiger partial charge in [-0.3, -0.25) is 4.99 Å². The van der Waals surface area contributed by atoms with Crippen LogP contribution in [0.3, 0.4) is 0 Å². The molecule has 1 atom stereocenters. The summed E-state index contributed by atoms with van der Waals surface area (Å²) in [5.41, 5.74) is 1.39. The second-order valence-corrected chi connectivity index (χ2v) is 6.21. The number of nitrogens with zero attached hydrogens (tertiary/aromatic N) is 2. The van der Waals surface area contributed by atoms with Crippen LogP contribution in [-0.4, -0.2) is 17.0 Å². The number of anilines is 1. The van der Waals surface area contributed by atoms with Crippen LogP contribution in [-0.2, 0) is 0 Å². The number of nitrogens with one attached hydrogen (secondary N) is 1. The number of nitriles is 1. The lowest BCUT2D eigenvalue weighted by Gasteiger charge is -2.08. The van der Waals surface area contributed by atoms with Gasteiger partial charge in [0.25, 0.3) is 0 Å². The van der Waals surface area contributed by atoms with E-state index >= 15 is 0 Å². The summed E-state index contributed by atoms with van der Waals surface area (Å²) < 4.78 is 0. The molecule has 18 heavy (non-hydrogen) atoms. The minimum Gasteiger partial charge on any atom is -0.335 e. The molecule has 1 heterocycles. The second kappa shape index (κ2) is 4.83. The Labute approximate surface area is 115 Å². The Bertz CT molecular complexity index is 546. The van der Waals surface area contributed by atoms with Gasteiger partial charge in [0.1, 0.15) is 6.07 Å². The van der Waals surface area contributed by atoms with Gasteiger partial charge >= 0.3 is 0 Å². The fraction of sp³-hybridized carbons (Fsp3) is 0.385. The molecular weight excluding hydrogens is 266 g/mol. The maximum atomic E-state index is 8.81. The van der Waals surface area contributed by atoms with Crippen LogP contribution in [0.2, 0.25) is 5.02 Å². The minimum absolute atomic E-state index is 0.477. The first-order chi connectivity index (χ1) is 8.76. The van der Waals surface area contributed by atoms with E-state index in [0.717, 1.165) is 23.3 Å². The van der Waals surface area contributed by atoms with Crippen molar-refractivity contribution in [2.45, 2.75) is 18.1 Å². The predicted molar refractivity (Wildman–Crippen MR) is 76.2 cm³/mol. The van der Waals surface area contributed by atoms with Crippen LogP contribution in [0.4, 0.5) is 5.69 Å². The maximum Gasteiger partial charge on any atom is 0.161 e. The molecule has 0 amide bonds. The van der Waals surface area contributed by atoms with E-state index in [2.05, 4.69) is 16.4 Å². The van der Waals surface area contributed by atoms with Gasteiger partial charge in [-0.05, 0) is 37.0 Å². The Morgan fingerprint density at radius 2 is 2.28 bits per heavy atom. The Morgan fingerprint density at radius 3 is 2.94 bits per heavy atom. The highest BCUT2D eigenvalue weighted by Crippen LogP contribution is 2.42. The number of benzene rings is 1. The first-order valence-corrected chi connectivity index (χ1v) is 7.20. The Morgan fingerprint density at radius 1 is 1.44 bits per heavy atom. The maximum absolute atomic E-state index is 8.81.